The molecule has 90 valence electrons. The monoisotopic (exact) mass is 247 g/mol. The summed E-state index contributed by atoms with van der Waals surface area (Å²) >= 11 is 1.53. The summed E-state index contributed by atoms with van der Waals surface area (Å²) in [5.41, 5.74) is 7.64. The zero-order valence-corrected chi connectivity index (χ0v) is 11.0. The van der Waals surface area contributed by atoms with Gasteiger partial charge in [0, 0.05) is 11.8 Å². The van der Waals surface area contributed by atoms with Crippen LogP contribution in [0.2, 0.25) is 0 Å². The standard InChI is InChI=1S/C13H17N3S/c1-3-10(2)16-13(15)17-9-12-6-4-11(8-14)5-7-12/h4-7,10H,3,9H2,1-2H3,(H2,15,16)/t10-/m0/s1. The van der Waals surface area contributed by atoms with Crippen molar-refractivity contribution >= 4 is 16.9 Å². The van der Waals surface area contributed by atoms with Crippen molar-refractivity contribution in [3.63, 3.8) is 0 Å². The van der Waals surface area contributed by atoms with Gasteiger partial charge in [-0.2, -0.15) is 5.26 Å². The Balaban J connectivity index is 2.50. The molecule has 17 heavy (non-hydrogen) atoms. The Morgan fingerprint density at radius 3 is 2.65 bits per heavy atom. The molecule has 0 aliphatic heterocycles. The predicted molar refractivity (Wildman–Crippen MR) is 73.8 cm³/mol. The van der Waals surface area contributed by atoms with Crippen molar-refractivity contribution in [1.82, 2.24) is 0 Å². The molecule has 0 radical (unpaired) electrons. The van der Waals surface area contributed by atoms with Gasteiger partial charge in [-0.05, 0) is 31.0 Å². The van der Waals surface area contributed by atoms with Crippen molar-refractivity contribution in [2.24, 2.45) is 10.7 Å². The first-order valence-corrected chi connectivity index (χ1v) is 6.59. The average molecular weight is 247 g/mol. The van der Waals surface area contributed by atoms with Gasteiger partial charge in [0.15, 0.2) is 5.17 Å². The lowest BCUT2D eigenvalue weighted by Crippen LogP contribution is -2.11. The van der Waals surface area contributed by atoms with E-state index in [2.05, 4.69) is 24.9 Å². The highest BCUT2D eigenvalue weighted by atomic mass is 32.2. The van der Waals surface area contributed by atoms with Crippen LogP contribution in [0.5, 0.6) is 0 Å². The lowest BCUT2D eigenvalue weighted by Gasteiger charge is -2.05. The summed E-state index contributed by atoms with van der Waals surface area (Å²) in [6, 6.07) is 9.91. The van der Waals surface area contributed by atoms with Gasteiger partial charge in [0.05, 0.1) is 11.6 Å². The fourth-order valence-corrected chi connectivity index (χ4v) is 1.94. The SMILES string of the molecule is CC[C@H](C)N=C(N)SCc1ccc(C#N)cc1. The summed E-state index contributed by atoms with van der Waals surface area (Å²) in [6.45, 7) is 4.14. The van der Waals surface area contributed by atoms with Crippen LogP contribution >= 0.6 is 11.8 Å². The molecule has 0 bridgehead atoms. The molecular weight excluding hydrogens is 230 g/mol. The van der Waals surface area contributed by atoms with E-state index in [1.54, 1.807) is 0 Å². The number of benzene rings is 1. The third kappa shape index (κ3) is 4.92. The Labute approximate surface area is 107 Å². The Hall–Kier alpha value is -1.47. The van der Waals surface area contributed by atoms with Crippen LogP contribution in [0.25, 0.3) is 0 Å². The van der Waals surface area contributed by atoms with Gasteiger partial charge in [-0.3, -0.25) is 4.99 Å². The van der Waals surface area contributed by atoms with Gasteiger partial charge < -0.3 is 5.73 Å². The van der Waals surface area contributed by atoms with Gasteiger partial charge >= 0.3 is 0 Å². The molecule has 0 amide bonds. The van der Waals surface area contributed by atoms with Crippen LogP contribution in [-0.2, 0) is 5.75 Å². The Morgan fingerprint density at radius 1 is 1.47 bits per heavy atom. The van der Waals surface area contributed by atoms with E-state index in [9.17, 15) is 0 Å². The molecule has 3 nitrogen and oxygen atoms in total. The van der Waals surface area contributed by atoms with Gasteiger partial charge in [0.1, 0.15) is 0 Å². The minimum atomic E-state index is 0.281. The molecule has 0 saturated carbocycles. The lowest BCUT2D eigenvalue weighted by atomic mass is 10.2. The molecule has 0 saturated heterocycles. The van der Waals surface area contributed by atoms with Crippen LogP contribution in [0.15, 0.2) is 29.3 Å². The fourth-order valence-electron chi connectivity index (χ4n) is 1.18. The van der Waals surface area contributed by atoms with E-state index in [1.807, 2.05) is 24.3 Å². The van der Waals surface area contributed by atoms with E-state index in [1.165, 1.54) is 11.8 Å². The van der Waals surface area contributed by atoms with Crippen LogP contribution in [0.3, 0.4) is 0 Å². The highest BCUT2D eigenvalue weighted by Gasteiger charge is 2.00. The van der Waals surface area contributed by atoms with Crippen LogP contribution in [-0.4, -0.2) is 11.2 Å². The molecule has 0 heterocycles. The van der Waals surface area contributed by atoms with Crippen molar-refractivity contribution in [3.8, 4) is 6.07 Å². The minimum Gasteiger partial charge on any atom is -0.379 e. The van der Waals surface area contributed by atoms with Gasteiger partial charge in [0.2, 0.25) is 0 Å². The van der Waals surface area contributed by atoms with E-state index < -0.39 is 0 Å². The number of aliphatic imine (C=N–C) groups is 1. The summed E-state index contributed by atoms with van der Waals surface area (Å²) in [5, 5.41) is 9.31. The van der Waals surface area contributed by atoms with Crippen molar-refractivity contribution < 1.29 is 0 Å². The summed E-state index contributed by atoms with van der Waals surface area (Å²) in [5.74, 6) is 0.789. The number of amidine groups is 1. The lowest BCUT2D eigenvalue weighted by molar-refractivity contribution is 0.718. The molecular formula is C13H17N3S. The summed E-state index contributed by atoms with van der Waals surface area (Å²) in [7, 11) is 0. The molecule has 0 fully saturated rings. The van der Waals surface area contributed by atoms with Crippen molar-refractivity contribution in [2.45, 2.75) is 32.1 Å². The quantitative estimate of drug-likeness (QED) is 0.657. The topological polar surface area (TPSA) is 62.2 Å². The van der Waals surface area contributed by atoms with Crippen LogP contribution in [0, 0.1) is 11.3 Å². The molecule has 0 aliphatic carbocycles. The number of hydrogen-bond donors (Lipinski definition) is 1. The van der Waals surface area contributed by atoms with Gasteiger partial charge in [-0.25, -0.2) is 0 Å². The second kappa shape index (κ2) is 6.97. The van der Waals surface area contributed by atoms with Gasteiger partial charge in [-0.1, -0.05) is 30.8 Å². The minimum absolute atomic E-state index is 0.281. The van der Waals surface area contributed by atoms with Gasteiger partial charge in [0.25, 0.3) is 0 Å². The first kappa shape index (κ1) is 13.6. The van der Waals surface area contributed by atoms with E-state index in [0.29, 0.717) is 10.7 Å². The van der Waals surface area contributed by atoms with Gasteiger partial charge in [-0.15, -0.1) is 0 Å². The largest absolute Gasteiger partial charge is 0.379 e. The molecule has 0 spiro atoms. The fraction of sp³-hybridized carbons (Fsp3) is 0.385. The summed E-state index contributed by atoms with van der Waals surface area (Å²) in [6.07, 6.45) is 0.998. The Kier molecular flexibility index (Phi) is 5.58. The number of rotatable bonds is 4. The number of nitrogens with two attached hydrogens (primary N) is 1. The zero-order chi connectivity index (χ0) is 12.7. The van der Waals surface area contributed by atoms with E-state index >= 15 is 0 Å². The maximum absolute atomic E-state index is 8.68. The molecule has 2 N–H and O–H groups in total. The van der Waals surface area contributed by atoms with E-state index in [4.69, 9.17) is 11.0 Å². The summed E-state index contributed by atoms with van der Waals surface area (Å²) < 4.78 is 0. The number of nitriles is 1. The average Bonchev–Trinajstić information content (AvgIpc) is 2.36. The molecule has 0 unspecified atom stereocenters. The zero-order valence-electron chi connectivity index (χ0n) is 10.2. The molecule has 0 aliphatic rings. The second-order valence-corrected chi connectivity index (χ2v) is 4.82. The predicted octanol–water partition coefficient (Wildman–Crippen LogP) is 2.90. The van der Waals surface area contributed by atoms with Crippen molar-refractivity contribution in [1.29, 1.82) is 5.26 Å². The highest BCUT2D eigenvalue weighted by Crippen LogP contribution is 2.13. The van der Waals surface area contributed by atoms with E-state index in [0.717, 1.165) is 17.7 Å². The first-order valence-electron chi connectivity index (χ1n) is 5.60. The second-order valence-electron chi connectivity index (χ2n) is 3.82. The van der Waals surface area contributed by atoms with E-state index in [-0.39, 0.29) is 6.04 Å². The first-order chi connectivity index (χ1) is 8.15. The third-order valence-electron chi connectivity index (χ3n) is 2.41. The molecule has 1 aromatic rings. The Bertz CT molecular complexity index is 417. The smallest absolute Gasteiger partial charge is 0.154 e. The number of thioether (sulfide) groups is 1. The molecule has 1 rings (SSSR count). The normalized spacial score (nSPS) is 13.1. The van der Waals surface area contributed by atoms with Crippen LogP contribution in [0.1, 0.15) is 31.4 Å². The molecule has 1 aromatic carbocycles. The number of hydrogen-bond acceptors (Lipinski definition) is 3. The highest BCUT2D eigenvalue weighted by molar-refractivity contribution is 8.13. The number of nitrogens with zero attached hydrogens (tertiary/aromatic N) is 2. The van der Waals surface area contributed by atoms with Crippen molar-refractivity contribution in [3.05, 3.63) is 35.4 Å². The molecule has 0 aromatic heterocycles. The van der Waals surface area contributed by atoms with Crippen LogP contribution in [0.4, 0.5) is 0 Å². The summed E-state index contributed by atoms with van der Waals surface area (Å²) in [4.78, 5) is 4.35. The maximum Gasteiger partial charge on any atom is 0.154 e. The maximum atomic E-state index is 8.68. The van der Waals surface area contributed by atoms with Crippen LogP contribution < -0.4 is 5.73 Å². The Morgan fingerprint density at radius 2 is 2.12 bits per heavy atom. The third-order valence-corrected chi connectivity index (χ3v) is 3.29. The van der Waals surface area contributed by atoms with Crippen molar-refractivity contribution in [2.75, 3.05) is 0 Å². The molecule has 1 atom stereocenters. The molecule has 4 heteroatoms.